The number of primary amides is 1. The highest BCUT2D eigenvalue weighted by Crippen LogP contribution is 2.46. The Balaban J connectivity index is 2.10. The summed E-state index contributed by atoms with van der Waals surface area (Å²) >= 11 is 3.39. The molecule has 3 unspecified atom stereocenters. The summed E-state index contributed by atoms with van der Waals surface area (Å²) in [6, 6.07) is 4.65. The third-order valence-corrected chi connectivity index (χ3v) is 4.73. The molecule has 0 aliphatic carbocycles. The number of imide groups is 1. The first-order valence-electron chi connectivity index (χ1n) is 7.21. The number of nitrogens with zero attached hydrogens (tertiary/aromatic N) is 2. The van der Waals surface area contributed by atoms with Gasteiger partial charge in [0.05, 0.1) is 19.1 Å². The number of halogens is 1. The normalized spacial score (nSPS) is 26.8. The molecular weight excluding hydrogens is 382 g/mol. The van der Waals surface area contributed by atoms with Crippen molar-refractivity contribution in [1.29, 1.82) is 0 Å². The van der Waals surface area contributed by atoms with Crippen LogP contribution in [0.5, 0.6) is 5.75 Å². The van der Waals surface area contributed by atoms with Gasteiger partial charge in [-0.05, 0) is 18.2 Å². The second kappa shape index (κ2) is 6.15. The van der Waals surface area contributed by atoms with Crippen LogP contribution in [0, 0.1) is 5.92 Å². The number of amides is 3. The first-order valence-corrected chi connectivity index (χ1v) is 8.01. The van der Waals surface area contributed by atoms with Gasteiger partial charge in [0.1, 0.15) is 12.3 Å². The van der Waals surface area contributed by atoms with Crippen molar-refractivity contribution in [3.05, 3.63) is 28.2 Å². The second-order valence-corrected chi connectivity index (χ2v) is 6.58. The Labute approximate surface area is 146 Å². The van der Waals surface area contributed by atoms with E-state index in [9.17, 15) is 14.4 Å². The van der Waals surface area contributed by atoms with Crippen LogP contribution in [0.1, 0.15) is 11.6 Å². The summed E-state index contributed by atoms with van der Waals surface area (Å²) in [5, 5.41) is 1.30. The van der Waals surface area contributed by atoms with Gasteiger partial charge in [0.25, 0.3) is 5.91 Å². The highest BCUT2D eigenvalue weighted by Gasteiger charge is 2.59. The fourth-order valence-corrected chi connectivity index (χ4v) is 3.56. The lowest BCUT2D eigenvalue weighted by molar-refractivity contribution is -0.181. The molecule has 2 saturated heterocycles. The van der Waals surface area contributed by atoms with Gasteiger partial charge < -0.3 is 10.5 Å². The lowest BCUT2D eigenvalue weighted by Gasteiger charge is -2.26. The molecule has 3 atom stereocenters. The molecule has 2 aliphatic rings. The van der Waals surface area contributed by atoms with Crippen molar-refractivity contribution in [1.82, 2.24) is 9.96 Å². The van der Waals surface area contributed by atoms with Gasteiger partial charge >= 0.3 is 0 Å². The number of ether oxygens (including phenoxy) is 1. The highest BCUT2D eigenvalue weighted by atomic mass is 79.9. The minimum Gasteiger partial charge on any atom is -0.496 e. The van der Waals surface area contributed by atoms with Crippen LogP contribution in [-0.4, -0.2) is 54.5 Å². The van der Waals surface area contributed by atoms with E-state index in [0.717, 1.165) is 9.37 Å². The zero-order valence-corrected chi connectivity index (χ0v) is 14.6. The molecule has 3 rings (SSSR count). The molecule has 128 valence electrons. The first kappa shape index (κ1) is 16.9. The molecule has 2 fully saturated rings. The zero-order chi connectivity index (χ0) is 17.6. The lowest BCUT2D eigenvalue weighted by Crippen LogP contribution is -2.38. The molecule has 1 aromatic carbocycles. The summed E-state index contributed by atoms with van der Waals surface area (Å²) in [6.07, 6.45) is -0.962. The van der Waals surface area contributed by atoms with Crippen LogP contribution in [0.4, 0.5) is 0 Å². The number of nitrogens with two attached hydrogens (primary N) is 1. The minimum absolute atomic E-state index is 0.238. The summed E-state index contributed by atoms with van der Waals surface area (Å²) in [4.78, 5) is 42.8. The number of carbonyl (C=O) groups excluding carboxylic acids is 3. The Bertz CT molecular complexity index is 725. The number of benzene rings is 1. The molecule has 0 bridgehead atoms. The number of likely N-dealkylation sites (tertiary alicyclic amines) is 1. The summed E-state index contributed by atoms with van der Waals surface area (Å²) in [5.74, 6) is -1.65. The molecule has 0 aromatic heterocycles. The number of hydrogen-bond donors (Lipinski definition) is 1. The van der Waals surface area contributed by atoms with Crippen LogP contribution in [0.15, 0.2) is 22.7 Å². The van der Waals surface area contributed by atoms with Gasteiger partial charge in [-0.3, -0.25) is 24.1 Å². The van der Waals surface area contributed by atoms with Crippen LogP contribution in [-0.2, 0) is 19.2 Å². The lowest BCUT2D eigenvalue weighted by atomic mass is 9.90. The molecule has 0 spiro atoms. The van der Waals surface area contributed by atoms with E-state index in [4.69, 9.17) is 15.3 Å². The van der Waals surface area contributed by atoms with Gasteiger partial charge in [0.15, 0.2) is 6.10 Å². The largest absolute Gasteiger partial charge is 0.496 e. The van der Waals surface area contributed by atoms with Gasteiger partial charge in [0, 0.05) is 17.1 Å². The van der Waals surface area contributed by atoms with Crippen LogP contribution in [0.3, 0.4) is 0 Å². The summed E-state index contributed by atoms with van der Waals surface area (Å²) in [5.41, 5.74) is 5.91. The summed E-state index contributed by atoms with van der Waals surface area (Å²) in [6.45, 7) is -0.238. The molecule has 1 aromatic rings. The minimum atomic E-state index is -0.962. The van der Waals surface area contributed by atoms with Crippen LogP contribution in [0.25, 0.3) is 0 Å². The first-order chi connectivity index (χ1) is 11.3. The summed E-state index contributed by atoms with van der Waals surface area (Å²) in [7, 11) is 2.92. The monoisotopic (exact) mass is 397 g/mol. The van der Waals surface area contributed by atoms with Gasteiger partial charge in [-0.15, -0.1) is 0 Å². The smallest absolute Gasteiger partial charge is 0.261 e. The number of fused-ring (bicyclic) bond motifs is 1. The Hall–Kier alpha value is -1.97. The molecule has 3 amide bonds. The maximum atomic E-state index is 12.5. The molecule has 0 radical (unpaired) electrons. The van der Waals surface area contributed by atoms with Crippen LogP contribution in [0.2, 0.25) is 0 Å². The molecule has 0 saturated carbocycles. The van der Waals surface area contributed by atoms with Crippen molar-refractivity contribution in [3.8, 4) is 5.75 Å². The van der Waals surface area contributed by atoms with Gasteiger partial charge in [-0.2, -0.15) is 5.06 Å². The van der Waals surface area contributed by atoms with E-state index in [1.54, 1.807) is 18.2 Å². The molecule has 8 nitrogen and oxygen atoms in total. The molecule has 2 N–H and O–H groups in total. The third-order valence-electron chi connectivity index (χ3n) is 4.24. The van der Waals surface area contributed by atoms with E-state index >= 15 is 0 Å². The number of carbonyl (C=O) groups is 3. The molecule has 24 heavy (non-hydrogen) atoms. The van der Waals surface area contributed by atoms with E-state index in [1.807, 2.05) is 0 Å². The molecule has 2 aliphatic heterocycles. The van der Waals surface area contributed by atoms with Crippen molar-refractivity contribution in [3.63, 3.8) is 0 Å². The summed E-state index contributed by atoms with van der Waals surface area (Å²) < 4.78 is 6.14. The highest BCUT2D eigenvalue weighted by molar-refractivity contribution is 9.10. The van der Waals surface area contributed by atoms with E-state index in [0.29, 0.717) is 11.3 Å². The maximum Gasteiger partial charge on any atom is 0.261 e. The average molecular weight is 398 g/mol. The number of methoxy groups -OCH3 is 1. The Morgan fingerprint density at radius 1 is 1.38 bits per heavy atom. The number of hydrogen-bond acceptors (Lipinski definition) is 6. The van der Waals surface area contributed by atoms with Crippen molar-refractivity contribution in [2.24, 2.45) is 11.7 Å². The number of rotatable bonds is 4. The third kappa shape index (κ3) is 2.58. The van der Waals surface area contributed by atoms with Crippen molar-refractivity contribution in [2.45, 2.75) is 12.1 Å². The van der Waals surface area contributed by atoms with Crippen molar-refractivity contribution in [2.75, 3.05) is 20.7 Å². The standard InChI is InChI=1S/C15H16BrN3O5/c1-18-14(21)11-12(8-5-7(16)3-4-9(8)23-2)19(6-10(17)20)24-13(11)15(18)22/h3-5,11-13H,6H2,1-2H3,(H2,17,20). The van der Waals surface area contributed by atoms with Crippen molar-refractivity contribution >= 4 is 33.7 Å². The quantitative estimate of drug-likeness (QED) is 0.728. The zero-order valence-electron chi connectivity index (χ0n) is 13.1. The predicted octanol–water partition coefficient (Wildman–Crippen LogP) is 0.215. The Kier molecular flexibility index (Phi) is 4.33. The Morgan fingerprint density at radius 3 is 2.71 bits per heavy atom. The second-order valence-electron chi connectivity index (χ2n) is 5.66. The van der Waals surface area contributed by atoms with E-state index in [2.05, 4.69) is 15.9 Å². The van der Waals surface area contributed by atoms with Gasteiger partial charge in [-0.25, -0.2) is 0 Å². The fraction of sp³-hybridized carbons (Fsp3) is 0.400. The van der Waals surface area contributed by atoms with Gasteiger partial charge in [-0.1, -0.05) is 15.9 Å². The van der Waals surface area contributed by atoms with Crippen LogP contribution < -0.4 is 10.5 Å². The average Bonchev–Trinajstić information content (AvgIpc) is 2.98. The van der Waals surface area contributed by atoms with Crippen molar-refractivity contribution < 1.29 is 24.0 Å². The van der Waals surface area contributed by atoms with Gasteiger partial charge in [0.2, 0.25) is 11.8 Å². The maximum absolute atomic E-state index is 12.5. The number of likely N-dealkylation sites (N-methyl/N-ethyl adjacent to an activating group) is 1. The van der Waals surface area contributed by atoms with Crippen LogP contribution >= 0.6 is 15.9 Å². The topological polar surface area (TPSA) is 102 Å². The molecule has 2 heterocycles. The number of hydroxylamine groups is 2. The molecule has 9 heteroatoms. The molecular formula is C15H16BrN3O5. The van der Waals surface area contributed by atoms with E-state index < -0.39 is 29.9 Å². The SMILES string of the molecule is COc1ccc(Br)cc1C1C2C(=O)N(C)C(=O)C2ON1CC(N)=O. The van der Waals surface area contributed by atoms with E-state index in [1.165, 1.54) is 19.2 Å². The fourth-order valence-electron chi connectivity index (χ4n) is 3.18. The van der Waals surface area contributed by atoms with E-state index in [-0.39, 0.29) is 12.5 Å². The Morgan fingerprint density at radius 2 is 2.08 bits per heavy atom. The predicted molar refractivity (Wildman–Crippen MR) is 85.5 cm³/mol.